The van der Waals surface area contributed by atoms with Gasteiger partial charge in [0.05, 0.1) is 12.0 Å². The second kappa shape index (κ2) is 4.64. The lowest BCUT2D eigenvalue weighted by atomic mass is 9.82. The summed E-state index contributed by atoms with van der Waals surface area (Å²) >= 11 is 0. The Morgan fingerprint density at radius 2 is 2.18 bits per heavy atom. The normalized spacial score (nSPS) is 29.1. The van der Waals surface area contributed by atoms with Crippen molar-refractivity contribution in [3.8, 4) is 0 Å². The van der Waals surface area contributed by atoms with E-state index in [0.29, 0.717) is 32.1 Å². The molecule has 5 nitrogen and oxygen atoms in total. The van der Waals surface area contributed by atoms with Crippen molar-refractivity contribution in [2.75, 3.05) is 19.6 Å². The highest BCUT2D eigenvalue weighted by molar-refractivity contribution is 5.80. The number of likely N-dealkylation sites (tertiary alicyclic amines) is 1. The highest BCUT2D eigenvalue weighted by Crippen LogP contribution is 2.29. The van der Waals surface area contributed by atoms with Gasteiger partial charge in [-0.05, 0) is 32.6 Å². The first-order chi connectivity index (χ1) is 8.01. The maximum absolute atomic E-state index is 11.9. The number of amides is 1. The average molecular weight is 240 g/mol. The van der Waals surface area contributed by atoms with E-state index < -0.39 is 11.4 Å². The summed E-state index contributed by atoms with van der Waals surface area (Å²) in [6.07, 6.45) is 3.74. The molecule has 1 unspecified atom stereocenters. The standard InChI is InChI=1S/C12H20N2O3/c1-12(11(16)17)5-2-6-14(8-12)10(15)7-13-9-3-4-9/h9,13H,2-8H2,1H3,(H,16,17). The third kappa shape index (κ3) is 2.97. The van der Waals surface area contributed by atoms with Crippen LogP contribution in [0.2, 0.25) is 0 Å². The molecule has 1 aliphatic heterocycles. The van der Waals surface area contributed by atoms with Gasteiger partial charge in [0.15, 0.2) is 0 Å². The fraction of sp³-hybridized carbons (Fsp3) is 0.833. The first-order valence-electron chi connectivity index (χ1n) is 6.26. The van der Waals surface area contributed by atoms with Gasteiger partial charge >= 0.3 is 5.97 Å². The van der Waals surface area contributed by atoms with Crippen molar-refractivity contribution in [2.24, 2.45) is 5.41 Å². The van der Waals surface area contributed by atoms with Crippen LogP contribution >= 0.6 is 0 Å². The average Bonchev–Trinajstić information content (AvgIpc) is 3.09. The predicted octanol–water partition coefficient (Wildman–Crippen LogP) is 0.452. The van der Waals surface area contributed by atoms with Crippen molar-refractivity contribution in [1.29, 1.82) is 0 Å². The van der Waals surface area contributed by atoms with Crippen LogP contribution < -0.4 is 5.32 Å². The molecule has 2 N–H and O–H groups in total. The fourth-order valence-electron chi connectivity index (χ4n) is 2.26. The summed E-state index contributed by atoms with van der Waals surface area (Å²) in [5.74, 6) is -0.769. The third-order valence-electron chi connectivity index (χ3n) is 3.68. The maximum Gasteiger partial charge on any atom is 0.311 e. The Kier molecular flexibility index (Phi) is 3.38. The molecule has 0 aromatic rings. The van der Waals surface area contributed by atoms with Crippen molar-refractivity contribution in [3.63, 3.8) is 0 Å². The molecule has 2 fully saturated rings. The third-order valence-corrected chi connectivity index (χ3v) is 3.68. The first-order valence-corrected chi connectivity index (χ1v) is 6.26. The van der Waals surface area contributed by atoms with Gasteiger partial charge in [-0.3, -0.25) is 9.59 Å². The van der Waals surface area contributed by atoms with Gasteiger partial charge in [-0.25, -0.2) is 0 Å². The summed E-state index contributed by atoms with van der Waals surface area (Å²) < 4.78 is 0. The number of rotatable bonds is 4. The zero-order valence-electron chi connectivity index (χ0n) is 10.2. The molecule has 0 aromatic heterocycles. The van der Waals surface area contributed by atoms with Crippen LogP contribution in [0.5, 0.6) is 0 Å². The number of aliphatic carboxylic acids is 1. The highest BCUT2D eigenvalue weighted by atomic mass is 16.4. The number of carbonyl (C=O) groups excluding carboxylic acids is 1. The van der Waals surface area contributed by atoms with Crippen LogP contribution in [0.1, 0.15) is 32.6 Å². The number of carbonyl (C=O) groups is 2. The minimum absolute atomic E-state index is 0.0316. The van der Waals surface area contributed by atoms with Crippen molar-refractivity contribution >= 4 is 11.9 Å². The number of hydrogen-bond acceptors (Lipinski definition) is 3. The number of piperidine rings is 1. The Morgan fingerprint density at radius 3 is 2.76 bits per heavy atom. The molecule has 1 aliphatic carbocycles. The summed E-state index contributed by atoms with van der Waals surface area (Å²) in [7, 11) is 0. The first kappa shape index (κ1) is 12.4. The van der Waals surface area contributed by atoms with Crippen LogP contribution in [0.25, 0.3) is 0 Å². The van der Waals surface area contributed by atoms with Crippen LogP contribution in [-0.4, -0.2) is 47.6 Å². The van der Waals surface area contributed by atoms with Gasteiger partial charge in [0.1, 0.15) is 0 Å². The molecule has 1 saturated carbocycles. The maximum atomic E-state index is 11.9. The molecule has 1 atom stereocenters. The van der Waals surface area contributed by atoms with Crippen molar-refractivity contribution in [1.82, 2.24) is 10.2 Å². The quantitative estimate of drug-likeness (QED) is 0.748. The van der Waals surface area contributed by atoms with Crippen molar-refractivity contribution in [3.05, 3.63) is 0 Å². The number of nitrogens with zero attached hydrogens (tertiary/aromatic N) is 1. The number of nitrogens with one attached hydrogen (secondary N) is 1. The van der Waals surface area contributed by atoms with Gasteiger partial charge in [0.2, 0.25) is 5.91 Å². The Morgan fingerprint density at radius 1 is 1.47 bits per heavy atom. The largest absolute Gasteiger partial charge is 0.481 e. The molecule has 2 rings (SSSR count). The van der Waals surface area contributed by atoms with E-state index in [9.17, 15) is 14.7 Å². The fourth-order valence-corrected chi connectivity index (χ4v) is 2.26. The summed E-state index contributed by atoms with van der Waals surface area (Å²) in [5.41, 5.74) is -0.770. The van der Waals surface area contributed by atoms with E-state index in [1.807, 2.05) is 0 Å². The van der Waals surface area contributed by atoms with E-state index in [0.717, 1.165) is 19.3 Å². The number of carboxylic acid groups (broad SMARTS) is 1. The minimum Gasteiger partial charge on any atom is -0.481 e. The molecular formula is C12H20N2O3. The smallest absolute Gasteiger partial charge is 0.311 e. The highest BCUT2D eigenvalue weighted by Gasteiger charge is 2.39. The van der Waals surface area contributed by atoms with Crippen LogP contribution in [0, 0.1) is 5.41 Å². The van der Waals surface area contributed by atoms with E-state index in [4.69, 9.17) is 0 Å². The lowest BCUT2D eigenvalue weighted by Gasteiger charge is -2.37. The Labute approximate surface area is 101 Å². The summed E-state index contributed by atoms with van der Waals surface area (Å²) in [4.78, 5) is 24.8. The summed E-state index contributed by atoms with van der Waals surface area (Å²) in [6.45, 7) is 3.10. The van der Waals surface area contributed by atoms with E-state index >= 15 is 0 Å². The second-order valence-electron chi connectivity index (χ2n) is 5.44. The van der Waals surface area contributed by atoms with Gasteiger partial charge < -0.3 is 15.3 Å². The molecule has 1 heterocycles. The lowest BCUT2D eigenvalue weighted by molar-refractivity contribution is -0.153. The van der Waals surface area contributed by atoms with Crippen LogP contribution in [-0.2, 0) is 9.59 Å². The van der Waals surface area contributed by atoms with Gasteiger partial charge in [0, 0.05) is 19.1 Å². The topological polar surface area (TPSA) is 69.6 Å². The molecule has 96 valence electrons. The second-order valence-corrected chi connectivity index (χ2v) is 5.44. The van der Waals surface area contributed by atoms with Crippen LogP contribution in [0.3, 0.4) is 0 Å². The molecule has 0 bridgehead atoms. The van der Waals surface area contributed by atoms with Gasteiger partial charge in [-0.15, -0.1) is 0 Å². The van der Waals surface area contributed by atoms with Gasteiger partial charge in [-0.2, -0.15) is 0 Å². The van der Waals surface area contributed by atoms with E-state index in [2.05, 4.69) is 5.32 Å². The lowest BCUT2D eigenvalue weighted by Crippen LogP contribution is -2.50. The zero-order valence-corrected chi connectivity index (χ0v) is 10.2. The molecule has 1 amide bonds. The van der Waals surface area contributed by atoms with E-state index in [1.165, 1.54) is 0 Å². The molecule has 5 heteroatoms. The summed E-state index contributed by atoms with van der Waals surface area (Å²) in [6, 6.07) is 0.509. The molecule has 2 aliphatic rings. The number of carboxylic acids is 1. The predicted molar refractivity (Wildman–Crippen MR) is 62.6 cm³/mol. The molecule has 17 heavy (non-hydrogen) atoms. The van der Waals surface area contributed by atoms with E-state index in [-0.39, 0.29) is 5.91 Å². The molecule has 0 spiro atoms. The SMILES string of the molecule is CC1(C(=O)O)CCCN(C(=O)CNC2CC2)C1. The Hall–Kier alpha value is -1.10. The summed E-state index contributed by atoms with van der Waals surface area (Å²) in [5, 5.41) is 12.3. The molecule has 0 radical (unpaired) electrons. The van der Waals surface area contributed by atoms with E-state index in [1.54, 1.807) is 11.8 Å². The zero-order chi connectivity index (χ0) is 12.5. The molecular weight excluding hydrogens is 220 g/mol. The van der Waals surface area contributed by atoms with Crippen molar-refractivity contribution < 1.29 is 14.7 Å². The molecule has 0 aromatic carbocycles. The number of hydrogen-bond donors (Lipinski definition) is 2. The van der Waals surface area contributed by atoms with Gasteiger partial charge in [-0.1, -0.05) is 0 Å². The minimum atomic E-state index is -0.801. The monoisotopic (exact) mass is 240 g/mol. The Balaban J connectivity index is 1.87. The van der Waals surface area contributed by atoms with Crippen LogP contribution in [0.15, 0.2) is 0 Å². The van der Waals surface area contributed by atoms with Crippen molar-refractivity contribution in [2.45, 2.75) is 38.6 Å². The van der Waals surface area contributed by atoms with Gasteiger partial charge in [0.25, 0.3) is 0 Å². The Bertz CT molecular complexity index is 328. The molecule has 1 saturated heterocycles. The van der Waals surface area contributed by atoms with Crippen LogP contribution in [0.4, 0.5) is 0 Å².